The fraction of sp³-hybridized carbons (Fsp3) is 0.429. The summed E-state index contributed by atoms with van der Waals surface area (Å²) in [5, 5.41) is 7.89. The maximum atomic E-state index is 12.8. The highest BCUT2D eigenvalue weighted by Crippen LogP contribution is 2.30. The van der Waals surface area contributed by atoms with Gasteiger partial charge in [-0.05, 0) is 43.4 Å². The highest BCUT2D eigenvalue weighted by atomic mass is 16.5. The lowest BCUT2D eigenvalue weighted by Crippen LogP contribution is -2.41. The summed E-state index contributed by atoms with van der Waals surface area (Å²) in [5.41, 5.74) is 3.35. The van der Waals surface area contributed by atoms with E-state index in [9.17, 15) is 4.79 Å². The van der Waals surface area contributed by atoms with E-state index in [1.807, 2.05) is 19.1 Å². The molecule has 7 heteroatoms. The third-order valence-electron chi connectivity index (χ3n) is 5.36. The Hall–Kier alpha value is -2.96. The van der Waals surface area contributed by atoms with Crippen LogP contribution in [0.25, 0.3) is 11.1 Å². The number of nitrogens with zero attached hydrogens (tertiary/aromatic N) is 4. The van der Waals surface area contributed by atoms with E-state index in [0.29, 0.717) is 18.2 Å². The van der Waals surface area contributed by atoms with Crippen molar-refractivity contribution in [2.24, 2.45) is 5.92 Å². The average Bonchev–Trinajstić information content (AvgIpc) is 3.10. The van der Waals surface area contributed by atoms with Gasteiger partial charge in [-0.15, -0.1) is 0 Å². The van der Waals surface area contributed by atoms with Crippen molar-refractivity contribution in [3.8, 4) is 0 Å². The molecule has 2 aromatic heterocycles. The van der Waals surface area contributed by atoms with Gasteiger partial charge in [0.15, 0.2) is 0 Å². The zero-order valence-electron chi connectivity index (χ0n) is 16.5. The van der Waals surface area contributed by atoms with Crippen LogP contribution in [0.4, 0.5) is 11.5 Å². The number of anilines is 2. The maximum absolute atomic E-state index is 12.8. The number of hydrogen-bond donors (Lipinski definition) is 1. The van der Waals surface area contributed by atoms with Crippen LogP contribution in [0, 0.1) is 12.8 Å². The number of rotatable bonds is 4. The lowest BCUT2D eigenvalue weighted by atomic mass is 9.96. The van der Waals surface area contributed by atoms with E-state index in [2.05, 4.69) is 51.3 Å². The van der Waals surface area contributed by atoms with Crippen LogP contribution in [0.2, 0.25) is 0 Å². The minimum absolute atomic E-state index is 0.0503. The zero-order valence-corrected chi connectivity index (χ0v) is 16.5. The molecule has 0 saturated carbocycles. The van der Waals surface area contributed by atoms with Crippen molar-refractivity contribution in [3.63, 3.8) is 0 Å². The Morgan fingerprint density at radius 3 is 2.79 bits per heavy atom. The van der Waals surface area contributed by atoms with E-state index < -0.39 is 0 Å². The van der Waals surface area contributed by atoms with Gasteiger partial charge in [0.1, 0.15) is 17.5 Å². The fourth-order valence-electron chi connectivity index (χ4n) is 3.72. The maximum Gasteiger partial charge on any atom is 0.263 e. The molecule has 1 saturated heterocycles. The Bertz CT molecular complexity index is 980. The van der Waals surface area contributed by atoms with Crippen molar-refractivity contribution < 1.29 is 9.32 Å². The van der Waals surface area contributed by atoms with E-state index in [1.54, 1.807) is 0 Å². The summed E-state index contributed by atoms with van der Waals surface area (Å²) < 4.78 is 5.25. The van der Waals surface area contributed by atoms with Gasteiger partial charge < -0.3 is 14.7 Å². The number of carbonyl (C=O) groups excluding carboxylic acids is 1. The van der Waals surface area contributed by atoms with Gasteiger partial charge in [0.05, 0.1) is 11.6 Å². The fourth-order valence-corrected chi connectivity index (χ4v) is 3.72. The Balaban J connectivity index is 1.48. The molecule has 3 aromatic rings. The van der Waals surface area contributed by atoms with Crippen LogP contribution in [0.3, 0.4) is 0 Å². The van der Waals surface area contributed by atoms with Crippen LogP contribution in [-0.4, -0.2) is 34.1 Å². The van der Waals surface area contributed by atoms with Gasteiger partial charge in [-0.1, -0.05) is 31.1 Å². The number of amides is 1. The lowest BCUT2D eigenvalue weighted by Gasteiger charge is -2.33. The van der Waals surface area contributed by atoms with Gasteiger partial charge in [-0.3, -0.25) is 4.79 Å². The molecule has 1 aliphatic rings. The Kier molecular flexibility index (Phi) is 4.98. The topological polar surface area (TPSA) is 84.2 Å². The summed E-state index contributed by atoms with van der Waals surface area (Å²) in [6, 6.07) is 8.09. The highest BCUT2D eigenvalue weighted by Gasteiger charge is 2.28. The second-order valence-corrected chi connectivity index (χ2v) is 7.70. The molecule has 0 bridgehead atoms. The first kappa shape index (κ1) is 18.4. The van der Waals surface area contributed by atoms with Crippen molar-refractivity contribution in [2.45, 2.75) is 39.5 Å². The van der Waals surface area contributed by atoms with Crippen molar-refractivity contribution in [1.29, 1.82) is 0 Å². The second kappa shape index (κ2) is 7.58. The molecule has 1 amide bonds. The number of aryl methyl sites for hydroxylation is 1. The summed E-state index contributed by atoms with van der Waals surface area (Å²) in [7, 11) is 0. The third kappa shape index (κ3) is 3.56. The van der Waals surface area contributed by atoms with Gasteiger partial charge in [0.2, 0.25) is 5.91 Å². The molecule has 1 atom stereocenters. The van der Waals surface area contributed by atoms with E-state index in [1.165, 1.54) is 11.9 Å². The van der Waals surface area contributed by atoms with Gasteiger partial charge in [0.25, 0.3) is 5.71 Å². The molecular weight excluding hydrogens is 354 g/mol. The monoisotopic (exact) mass is 379 g/mol. The van der Waals surface area contributed by atoms with Crippen LogP contribution in [0.5, 0.6) is 0 Å². The number of carbonyl (C=O) groups is 1. The van der Waals surface area contributed by atoms with E-state index in [4.69, 9.17) is 4.52 Å². The zero-order chi connectivity index (χ0) is 19.7. The quantitative estimate of drug-likeness (QED) is 0.740. The molecular formula is C21H25N5O2. The van der Waals surface area contributed by atoms with Crippen LogP contribution in [0.15, 0.2) is 35.1 Å². The molecule has 7 nitrogen and oxygen atoms in total. The highest BCUT2D eigenvalue weighted by molar-refractivity contribution is 5.93. The number of hydrogen-bond acceptors (Lipinski definition) is 6. The SMILES string of the molecule is Cc1noc2ncnc(N3CCC[C@@H](C(=O)Nc4ccc(C(C)C)cc4)C3)c12. The first-order chi connectivity index (χ1) is 13.5. The van der Waals surface area contributed by atoms with Gasteiger partial charge in [-0.25, -0.2) is 4.98 Å². The normalized spacial score (nSPS) is 17.3. The lowest BCUT2D eigenvalue weighted by molar-refractivity contribution is -0.120. The first-order valence-corrected chi connectivity index (χ1v) is 9.75. The Morgan fingerprint density at radius 2 is 2.04 bits per heavy atom. The summed E-state index contributed by atoms with van der Waals surface area (Å²) in [5.74, 6) is 1.22. The first-order valence-electron chi connectivity index (χ1n) is 9.75. The third-order valence-corrected chi connectivity index (χ3v) is 5.36. The molecule has 4 rings (SSSR count). The molecule has 1 N–H and O–H groups in total. The summed E-state index contributed by atoms with van der Waals surface area (Å²) in [6.45, 7) is 7.67. The van der Waals surface area contributed by atoms with Gasteiger partial charge in [0, 0.05) is 18.8 Å². The summed E-state index contributed by atoms with van der Waals surface area (Å²) >= 11 is 0. The van der Waals surface area contributed by atoms with Crippen molar-refractivity contribution in [3.05, 3.63) is 41.9 Å². The van der Waals surface area contributed by atoms with Crippen molar-refractivity contribution in [1.82, 2.24) is 15.1 Å². The van der Waals surface area contributed by atoms with Gasteiger partial charge in [-0.2, -0.15) is 4.98 Å². The predicted octanol–water partition coefficient (Wildman–Crippen LogP) is 3.90. The minimum atomic E-state index is -0.0938. The van der Waals surface area contributed by atoms with Gasteiger partial charge >= 0.3 is 0 Å². The van der Waals surface area contributed by atoms with Crippen molar-refractivity contribution in [2.75, 3.05) is 23.3 Å². The summed E-state index contributed by atoms with van der Waals surface area (Å²) in [4.78, 5) is 23.6. The molecule has 0 unspecified atom stereocenters. The van der Waals surface area contributed by atoms with Crippen LogP contribution in [-0.2, 0) is 4.79 Å². The standard InChI is InChI=1S/C21H25N5O2/c1-13(2)15-6-8-17(9-7-15)24-20(27)16-5-4-10-26(11-16)19-18-14(3)25-28-21(18)23-12-22-19/h6-9,12-13,16H,4-5,10-11H2,1-3H3,(H,24,27)/t16-/m1/s1. The molecule has 1 fully saturated rings. The molecule has 28 heavy (non-hydrogen) atoms. The Labute approximate surface area is 164 Å². The largest absolute Gasteiger partial charge is 0.355 e. The predicted molar refractivity (Wildman–Crippen MR) is 108 cm³/mol. The van der Waals surface area contributed by atoms with Crippen molar-refractivity contribution >= 4 is 28.5 Å². The van der Waals surface area contributed by atoms with Crippen LogP contribution in [0.1, 0.15) is 43.9 Å². The molecule has 0 radical (unpaired) electrons. The molecule has 1 aromatic carbocycles. The minimum Gasteiger partial charge on any atom is -0.355 e. The molecule has 0 aliphatic carbocycles. The summed E-state index contributed by atoms with van der Waals surface area (Å²) in [6.07, 6.45) is 3.28. The average molecular weight is 379 g/mol. The number of benzene rings is 1. The van der Waals surface area contributed by atoms with E-state index in [-0.39, 0.29) is 11.8 Å². The van der Waals surface area contributed by atoms with E-state index in [0.717, 1.165) is 42.0 Å². The number of fused-ring (bicyclic) bond motifs is 1. The molecule has 146 valence electrons. The number of nitrogens with one attached hydrogen (secondary N) is 1. The Morgan fingerprint density at radius 1 is 1.25 bits per heavy atom. The van der Waals surface area contributed by atoms with Crippen LogP contribution >= 0.6 is 0 Å². The number of aromatic nitrogens is 3. The van der Waals surface area contributed by atoms with Crippen LogP contribution < -0.4 is 10.2 Å². The molecule has 1 aliphatic heterocycles. The second-order valence-electron chi connectivity index (χ2n) is 7.70. The molecule has 0 spiro atoms. The smallest absolute Gasteiger partial charge is 0.263 e. The molecule has 3 heterocycles. The van der Waals surface area contributed by atoms with E-state index >= 15 is 0 Å². The number of piperidine rings is 1.